The summed E-state index contributed by atoms with van der Waals surface area (Å²) in [7, 11) is 0. The first kappa shape index (κ1) is 26.7. The summed E-state index contributed by atoms with van der Waals surface area (Å²) in [5, 5.41) is 9.44. The Morgan fingerprint density at radius 1 is 1.13 bits per heavy atom. The molecule has 172 valence electrons. The van der Waals surface area contributed by atoms with Gasteiger partial charge in [0.05, 0.1) is 26.0 Å². The Labute approximate surface area is 197 Å². The number of ether oxygens (including phenoxy) is 1. The number of hydrogen-bond donors (Lipinski definition) is 3. The van der Waals surface area contributed by atoms with Gasteiger partial charge in [0.1, 0.15) is 0 Å². The Morgan fingerprint density at radius 3 is 2.43 bits per heavy atom. The highest BCUT2D eigenvalue weighted by Crippen LogP contribution is 2.20. The maximum atomic E-state index is 11.9. The largest absolute Gasteiger partial charge is 0.459 e. The second-order valence-electron chi connectivity index (χ2n) is 7.17. The highest BCUT2D eigenvalue weighted by molar-refractivity contribution is 14.0. The lowest BCUT2D eigenvalue weighted by atomic mass is 9.92. The van der Waals surface area contributed by atoms with Crippen LogP contribution < -0.4 is 16.0 Å². The SMILES string of the molecule is CCNC(=NCC(C(CC)CC)N1CCOCC1)NCCNC(=O)c1ccco1.I. The lowest BCUT2D eigenvalue weighted by Crippen LogP contribution is -2.49. The molecule has 0 spiro atoms. The summed E-state index contributed by atoms with van der Waals surface area (Å²) in [6.45, 7) is 12.7. The number of guanidine groups is 1. The summed E-state index contributed by atoms with van der Waals surface area (Å²) in [6.07, 6.45) is 3.79. The average molecular weight is 535 g/mol. The minimum absolute atomic E-state index is 0. The first-order valence-corrected chi connectivity index (χ1v) is 10.8. The van der Waals surface area contributed by atoms with Crippen molar-refractivity contribution in [3.63, 3.8) is 0 Å². The van der Waals surface area contributed by atoms with Crippen LogP contribution in [0, 0.1) is 5.92 Å². The second kappa shape index (κ2) is 15.5. The molecule has 1 amide bonds. The minimum atomic E-state index is -0.208. The lowest BCUT2D eigenvalue weighted by molar-refractivity contribution is 0.00395. The molecule has 1 aliphatic heterocycles. The van der Waals surface area contributed by atoms with Crippen LogP contribution >= 0.6 is 24.0 Å². The number of halogens is 1. The van der Waals surface area contributed by atoms with Crippen molar-refractivity contribution < 1.29 is 13.9 Å². The standard InChI is InChI=1S/C21H37N5O3.HI/c1-4-17(5-2)18(26-11-14-28-15-12-26)16-25-21(22-6-3)24-10-9-23-20(27)19-8-7-13-29-19;/h7-8,13,17-18H,4-6,9-12,14-16H2,1-3H3,(H,23,27)(H2,22,24,25);1H. The highest BCUT2D eigenvalue weighted by Gasteiger charge is 2.26. The Kier molecular flexibility index (Phi) is 13.8. The van der Waals surface area contributed by atoms with Gasteiger partial charge in [-0.15, -0.1) is 24.0 Å². The van der Waals surface area contributed by atoms with E-state index >= 15 is 0 Å². The van der Waals surface area contributed by atoms with Gasteiger partial charge in [0.25, 0.3) is 5.91 Å². The third-order valence-electron chi connectivity index (χ3n) is 5.34. The van der Waals surface area contributed by atoms with Crippen molar-refractivity contribution in [3.8, 4) is 0 Å². The third kappa shape index (κ3) is 8.81. The number of rotatable bonds is 11. The summed E-state index contributed by atoms with van der Waals surface area (Å²) < 4.78 is 10.6. The van der Waals surface area contributed by atoms with E-state index in [1.165, 1.54) is 6.26 Å². The monoisotopic (exact) mass is 535 g/mol. The molecule has 1 fully saturated rings. The van der Waals surface area contributed by atoms with Crippen LogP contribution in [-0.4, -0.2) is 75.3 Å². The summed E-state index contributed by atoms with van der Waals surface area (Å²) in [5.41, 5.74) is 0. The fraction of sp³-hybridized carbons (Fsp3) is 0.714. The molecular formula is C21H38IN5O3. The molecule has 1 aromatic rings. The summed E-state index contributed by atoms with van der Waals surface area (Å²) in [6, 6.07) is 3.77. The Bertz CT molecular complexity index is 602. The van der Waals surface area contributed by atoms with E-state index in [1.54, 1.807) is 12.1 Å². The number of nitrogens with zero attached hydrogens (tertiary/aromatic N) is 2. The van der Waals surface area contributed by atoms with Crippen LogP contribution in [0.4, 0.5) is 0 Å². The Hall–Kier alpha value is -1.33. The molecule has 2 rings (SSSR count). The number of hydrogen-bond acceptors (Lipinski definition) is 5. The van der Waals surface area contributed by atoms with Gasteiger partial charge in [0, 0.05) is 38.8 Å². The molecule has 0 saturated carbocycles. The van der Waals surface area contributed by atoms with Gasteiger partial charge in [-0.25, -0.2) is 0 Å². The predicted octanol–water partition coefficient (Wildman–Crippen LogP) is 2.32. The Balaban J connectivity index is 0.00000450. The van der Waals surface area contributed by atoms with Gasteiger partial charge < -0.3 is 25.1 Å². The van der Waals surface area contributed by atoms with E-state index < -0.39 is 0 Å². The maximum Gasteiger partial charge on any atom is 0.287 e. The van der Waals surface area contributed by atoms with Crippen molar-refractivity contribution in [2.45, 2.75) is 39.7 Å². The molecule has 9 heteroatoms. The minimum Gasteiger partial charge on any atom is -0.459 e. The second-order valence-corrected chi connectivity index (χ2v) is 7.17. The average Bonchev–Trinajstić information content (AvgIpc) is 3.29. The smallest absolute Gasteiger partial charge is 0.287 e. The van der Waals surface area contributed by atoms with Crippen LogP contribution in [0.5, 0.6) is 0 Å². The number of carbonyl (C=O) groups excluding carboxylic acids is 1. The van der Waals surface area contributed by atoms with Crippen molar-refractivity contribution in [2.24, 2.45) is 10.9 Å². The first-order valence-electron chi connectivity index (χ1n) is 10.8. The van der Waals surface area contributed by atoms with Gasteiger partial charge in [-0.3, -0.25) is 14.7 Å². The van der Waals surface area contributed by atoms with E-state index in [1.807, 2.05) is 0 Å². The molecule has 1 atom stereocenters. The van der Waals surface area contributed by atoms with Gasteiger partial charge in [0.2, 0.25) is 0 Å². The molecule has 0 aromatic carbocycles. The summed E-state index contributed by atoms with van der Waals surface area (Å²) in [4.78, 5) is 19.3. The predicted molar refractivity (Wildman–Crippen MR) is 131 cm³/mol. The van der Waals surface area contributed by atoms with Crippen molar-refractivity contribution in [3.05, 3.63) is 24.2 Å². The van der Waals surface area contributed by atoms with E-state index in [-0.39, 0.29) is 29.9 Å². The van der Waals surface area contributed by atoms with E-state index in [4.69, 9.17) is 14.1 Å². The number of amides is 1. The zero-order valence-corrected chi connectivity index (χ0v) is 20.8. The van der Waals surface area contributed by atoms with Crippen molar-refractivity contribution in [1.82, 2.24) is 20.9 Å². The molecule has 3 N–H and O–H groups in total. The third-order valence-corrected chi connectivity index (χ3v) is 5.34. The van der Waals surface area contributed by atoms with Gasteiger partial charge in [-0.05, 0) is 25.0 Å². The van der Waals surface area contributed by atoms with Crippen LogP contribution in [0.25, 0.3) is 0 Å². The quantitative estimate of drug-likeness (QED) is 0.175. The van der Waals surface area contributed by atoms with Crippen molar-refractivity contribution in [1.29, 1.82) is 0 Å². The number of furan rings is 1. The van der Waals surface area contributed by atoms with E-state index in [0.29, 0.717) is 30.8 Å². The number of aliphatic imine (C=N–C) groups is 1. The molecule has 0 aliphatic carbocycles. The fourth-order valence-corrected chi connectivity index (χ4v) is 3.68. The molecule has 0 bridgehead atoms. The maximum absolute atomic E-state index is 11.9. The van der Waals surface area contributed by atoms with E-state index in [0.717, 1.165) is 58.2 Å². The van der Waals surface area contributed by atoms with Crippen LogP contribution in [0.2, 0.25) is 0 Å². The summed E-state index contributed by atoms with van der Waals surface area (Å²) >= 11 is 0. The van der Waals surface area contributed by atoms with Crippen LogP contribution in [0.15, 0.2) is 27.8 Å². The van der Waals surface area contributed by atoms with Crippen molar-refractivity contribution in [2.75, 3.05) is 52.5 Å². The number of carbonyl (C=O) groups is 1. The zero-order chi connectivity index (χ0) is 20.9. The van der Waals surface area contributed by atoms with Gasteiger partial charge in [-0.1, -0.05) is 26.7 Å². The van der Waals surface area contributed by atoms with E-state index in [2.05, 4.69) is 41.6 Å². The Morgan fingerprint density at radius 2 is 1.83 bits per heavy atom. The topological polar surface area (TPSA) is 91.1 Å². The molecule has 0 radical (unpaired) electrons. The summed E-state index contributed by atoms with van der Waals surface area (Å²) in [5.74, 6) is 1.51. The molecule has 1 aliphatic rings. The molecule has 8 nitrogen and oxygen atoms in total. The van der Waals surface area contributed by atoms with Crippen LogP contribution in [0.1, 0.15) is 44.2 Å². The normalized spacial score (nSPS) is 16.1. The van der Waals surface area contributed by atoms with Crippen LogP contribution in [-0.2, 0) is 4.74 Å². The lowest BCUT2D eigenvalue weighted by Gasteiger charge is -2.38. The number of morpholine rings is 1. The fourth-order valence-electron chi connectivity index (χ4n) is 3.68. The van der Waals surface area contributed by atoms with Gasteiger partial charge in [0.15, 0.2) is 11.7 Å². The molecule has 1 aromatic heterocycles. The zero-order valence-electron chi connectivity index (χ0n) is 18.5. The van der Waals surface area contributed by atoms with Gasteiger partial charge in [-0.2, -0.15) is 0 Å². The number of nitrogens with one attached hydrogen (secondary N) is 3. The van der Waals surface area contributed by atoms with Crippen LogP contribution in [0.3, 0.4) is 0 Å². The van der Waals surface area contributed by atoms with Crippen molar-refractivity contribution >= 4 is 35.8 Å². The van der Waals surface area contributed by atoms with E-state index in [9.17, 15) is 4.79 Å². The molecule has 1 unspecified atom stereocenters. The molecule has 30 heavy (non-hydrogen) atoms. The van der Waals surface area contributed by atoms with Gasteiger partial charge >= 0.3 is 0 Å². The molecular weight excluding hydrogens is 497 g/mol. The molecule has 2 heterocycles. The molecule has 1 saturated heterocycles. The first-order chi connectivity index (χ1) is 14.2. The highest BCUT2D eigenvalue weighted by atomic mass is 127.